The van der Waals surface area contributed by atoms with Crippen molar-refractivity contribution in [2.75, 3.05) is 0 Å². The maximum absolute atomic E-state index is 10.9. The van der Waals surface area contributed by atoms with Crippen LogP contribution in [-0.4, -0.2) is 5.24 Å². The van der Waals surface area contributed by atoms with Crippen LogP contribution in [0.4, 0.5) is 0 Å². The SMILES string of the molecule is O=C(Cl)C1CC(CCCC2CCCCC2)C1. The minimum atomic E-state index is -0.108. The second-order valence-electron chi connectivity index (χ2n) is 5.77. The third kappa shape index (κ3) is 3.48. The Morgan fingerprint density at radius 2 is 1.62 bits per heavy atom. The highest BCUT2D eigenvalue weighted by Crippen LogP contribution is 2.39. The molecule has 2 rings (SSSR count). The Hall–Kier alpha value is -0.0400. The van der Waals surface area contributed by atoms with Crippen LogP contribution in [0.2, 0.25) is 0 Å². The zero-order valence-corrected chi connectivity index (χ0v) is 10.8. The van der Waals surface area contributed by atoms with E-state index in [-0.39, 0.29) is 11.2 Å². The first-order chi connectivity index (χ1) is 7.75. The first-order valence-corrected chi connectivity index (χ1v) is 7.33. The minimum Gasteiger partial charge on any atom is -0.281 e. The molecule has 0 N–H and O–H groups in total. The van der Waals surface area contributed by atoms with Gasteiger partial charge in [-0.05, 0) is 36.3 Å². The van der Waals surface area contributed by atoms with E-state index >= 15 is 0 Å². The van der Waals surface area contributed by atoms with Crippen molar-refractivity contribution in [3.63, 3.8) is 0 Å². The largest absolute Gasteiger partial charge is 0.281 e. The van der Waals surface area contributed by atoms with Gasteiger partial charge in [0, 0.05) is 5.92 Å². The van der Waals surface area contributed by atoms with Gasteiger partial charge in [-0.25, -0.2) is 0 Å². The van der Waals surface area contributed by atoms with E-state index in [1.54, 1.807) is 0 Å². The molecule has 0 heterocycles. The molecule has 0 unspecified atom stereocenters. The molecule has 0 radical (unpaired) electrons. The fraction of sp³-hybridized carbons (Fsp3) is 0.929. The molecule has 2 aliphatic carbocycles. The summed E-state index contributed by atoms with van der Waals surface area (Å²) < 4.78 is 0. The molecule has 0 amide bonds. The molecule has 0 atom stereocenters. The molecule has 0 spiro atoms. The Balaban J connectivity index is 1.51. The molecular formula is C14H23ClO. The molecule has 0 bridgehead atoms. The van der Waals surface area contributed by atoms with Gasteiger partial charge in [0.15, 0.2) is 0 Å². The van der Waals surface area contributed by atoms with Gasteiger partial charge in [0.1, 0.15) is 0 Å². The van der Waals surface area contributed by atoms with E-state index in [0.29, 0.717) is 0 Å². The Bertz CT molecular complexity index is 227. The lowest BCUT2D eigenvalue weighted by Gasteiger charge is -2.33. The molecule has 2 fully saturated rings. The van der Waals surface area contributed by atoms with Crippen LogP contribution in [-0.2, 0) is 4.79 Å². The summed E-state index contributed by atoms with van der Waals surface area (Å²) in [6.07, 6.45) is 13.6. The van der Waals surface area contributed by atoms with Crippen molar-refractivity contribution in [3.05, 3.63) is 0 Å². The highest BCUT2D eigenvalue weighted by atomic mass is 35.5. The van der Waals surface area contributed by atoms with Crippen LogP contribution in [0.25, 0.3) is 0 Å². The van der Waals surface area contributed by atoms with Gasteiger partial charge in [-0.2, -0.15) is 0 Å². The standard InChI is InChI=1S/C14H23ClO/c15-14(16)13-9-12(10-13)8-4-7-11-5-2-1-3-6-11/h11-13H,1-10H2. The van der Waals surface area contributed by atoms with E-state index in [1.165, 1.54) is 51.4 Å². The van der Waals surface area contributed by atoms with Gasteiger partial charge in [0.25, 0.3) is 0 Å². The zero-order chi connectivity index (χ0) is 11.4. The molecule has 1 nitrogen and oxygen atoms in total. The highest BCUT2D eigenvalue weighted by molar-refractivity contribution is 6.64. The van der Waals surface area contributed by atoms with Crippen LogP contribution in [0.15, 0.2) is 0 Å². The molecule has 0 aromatic carbocycles. The molecule has 92 valence electrons. The van der Waals surface area contributed by atoms with Gasteiger partial charge in [-0.1, -0.05) is 51.4 Å². The number of carbonyl (C=O) groups is 1. The van der Waals surface area contributed by atoms with Gasteiger partial charge < -0.3 is 0 Å². The average Bonchev–Trinajstić information content (AvgIpc) is 2.22. The normalized spacial score (nSPS) is 31.1. The van der Waals surface area contributed by atoms with Crippen molar-refractivity contribution in [3.8, 4) is 0 Å². The smallest absolute Gasteiger partial charge is 0.224 e. The molecule has 0 aromatic heterocycles. The van der Waals surface area contributed by atoms with E-state index in [0.717, 1.165) is 24.7 Å². The van der Waals surface area contributed by atoms with Gasteiger partial charge >= 0.3 is 0 Å². The fourth-order valence-electron chi connectivity index (χ4n) is 3.33. The van der Waals surface area contributed by atoms with E-state index in [9.17, 15) is 4.79 Å². The number of hydrogen-bond donors (Lipinski definition) is 0. The van der Waals surface area contributed by atoms with Crippen molar-refractivity contribution < 1.29 is 4.79 Å². The van der Waals surface area contributed by atoms with Crippen LogP contribution < -0.4 is 0 Å². The summed E-state index contributed by atoms with van der Waals surface area (Å²) in [6.45, 7) is 0. The molecular weight excluding hydrogens is 220 g/mol. The monoisotopic (exact) mass is 242 g/mol. The van der Waals surface area contributed by atoms with Crippen molar-refractivity contribution in [1.82, 2.24) is 0 Å². The summed E-state index contributed by atoms with van der Waals surface area (Å²) in [5.74, 6) is 2.01. The van der Waals surface area contributed by atoms with E-state index in [2.05, 4.69) is 0 Å². The van der Waals surface area contributed by atoms with E-state index < -0.39 is 0 Å². The summed E-state index contributed by atoms with van der Waals surface area (Å²) in [7, 11) is 0. The summed E-state index contributed by atoms with van der Waals surface area (Å²) in [5, 5.41) is -0.108. The number of rotatable bonds is 5. The Morgan fingerprint density at radius 3 is 2.25 bits per heavy atom. The summed E-state index contributed by atoms with van der Waals surface area (Å²) in [4.78, 5) is 10.9. The van der Waals surface area contributed by atoms with Crippen LogP contribution in [0.1, 0.15) is 64.2 Å². The highest BCUT2D eigenvalue weighted by Gasteiger charge is 2.32. The molecule has 0 aliphatic heterocycles. The molecule has 2 aliphatic rings. The second kappa shape index (κ2) is 6.05. The van der Waals surface area contributed by atoms with Crippen LogP contribution >= 0.6 is 11.6 Å². The molecule has 2 saturated carbocycles. The fourth-order valence-corrected chi connectivity index (χ4v) is 3.51. The molecule has 16 heavy (non-hydrogen) atoms. The summed E-state index contributed by atoms with van der Waals surface area (Å²) in [6, 6.07) is 0. The Morgan fingerprint density at radius 1 is 1.00 bits per heavy atom. The van der Waals surface area contributed by atoms with Gasteiger partial charge in [-0.3, -0.25) is 4.79 Å². The Labute approximate surface area is 104 Å². The van der Waals surface area contributed by atoms with Crippen molar-refractivity contribution >= 4 is 16.8 Å². The van der Waals surface area contributed by atoms with Gasteiger partial charge in [-0.15, -0.1) is 0 Å². The number of carbonyl (C=O) groups excluding carboxylic acids is 1. The first-order valence-electron chi connectivity index (χ1n) is 6.95. The van der Waals surface area contributed by atoms with E-state index in [1.807, 2.05) is 0 Å². The van der Waals surface area contributed by atoms with Gasteiger partial charge in [0.05, 0.1) is 0 Å². The third-order valence-electron chi connectivity index (χ3n) is 4.51. The van der Waals surface area contributed by atoms with Crippen molar-refractivity contribution in [1.29, 1.82) is 0 Å². The van der Waals surface area contributed by atoms with Crippen LogP contribution in [0, 0.1) is 17.8 Å². The number of halogens is 1. The summed E-state index contributed by atoms with van der Waals surface area (Å²) in [5.41, 5.74) is 0. The summed E-state index contributed by atoms with van der Waals surface area (Å²) >= 11 is 5.46. The Kier molecular flexibility index (Phi) is 4.69. The molecule has 0 saturated heterocycles. The first kappa shape index (κ1) is 12.4. The topological polar surface area (TPSA) is 17.1 Å². The molecule has 0 aromatic rings. The minimum absolute atomic E-state index is 0.108. The van der Waals surface area contributed by atoms with Crippen molar-refractivity contribution in [2.24, 2.45) is 17.8 Å². The van der Waals surface area contributed by atoms with Gasteiger partial charge in [0.2, 0.25) is 5.24 Å². The third-order valence-corrected chi connectivity index (χ3v) is 4.81. The van der Waals surface area contributed by atoms with Crippen molar-refractivity contribution in [2.45, 2.75) is 64.2 Å². The maximum atomic E-state index is 10.9. The maximum Gasteiger partial charge on any atom is 0.224 e. The van der Waals surface area contributed by atoms with E-state index in [4.69, 9.17) is 11.6 Å². The molecule has 2 heteroatoms. The lowest BCUT2D eigenvalue weighted by atomic mass is 9.72. The lowest BCUT2D eigenvalue weighted by molar-refractivity contribution is -0.118. The zero-order valence-electron chi connectivity index (χ0n) is 10.1. The lowest BCUT2D eigenvalue weighted by Crippen LogP contribution is -2.28. The second-order valence-corrected chi connectivity index (χ2v) is 6.15. The predicted molar refractivity (Wildman–Crippen MR) is 67.5 cm³/mol. The van der Waals surface area contributed by atoms with Crippen LogP contribution in [0.3, 0.4) is 0 Å². The quantitative estimate of drug-likeness (QED) is 0.648. The number of hydrogen-bond acceptors (Lipinski definition) is 1. The average molecular weight is 243 g/mol. The van der Waals surface area contributed by atoms with Crippen LogP contribution in [0.5, 0.6) is 0 Å². The predicted octanol–water partition coefficient (Wildman–Crippen LogP) is 4.53.